The number of anilines is 1. The highest BCUT2D eigenvalue weighted by Gasteiger charge is 2.24. The van der Waals surface area contributed by atoms with Gasteiger partial charge in [0.05, 0.1) is 17.6 Å². The first-order valence-electron chi connectivity index (χ1n) is 10.0. The number of nitrogens with zero attached hydrogens (tertiary/aromatic N) is 4. The Morgan fingerprint density at radius 1 is 1.31 bits per heavy atom. The van der Waals surface area contributed by atoms with Crippen molar-refractivity contribution in [2.45, 2.75) is 31.8 Å². The summed E-state index contributed by atoms with van der Waals surface area (Å²) >= 11 is 1.90. The number of carbonyl (C=O) groups is 1. The van der Waals surface area contributed by atoms with Crippen LogP contribution < -0.4 is 5.73 Å². The number of nitrogens with two attached hydrogens (primary N) is 1. The number of hydrogen-bond acceptors (Lipinski definition) is 6. The third-order valence-electron chi connectivity index (χ3n) is 5.49. The smallest absolute Gasteiger partial charge is 0.210 e. The summed E-state index contributed by atoms with van der Waals surface area (Å²) in [6, 6.07) is 8.46. The third-order valence-corrected chi connectivity index (χ3v) is 6.73. The predicted molar refractivity (Wildman–Crippen MR) is 118 cm³/mol. The molecule has 8 heteroatoms. The lowest BCUT2D eigenvalue weighted by molar-refractivity contribution is -0.119. The molecule has 7 nitrogen and oxygen atoms in total. The molecule has 2 N–H and O–H groups in total. The van der Waals surface area contributed by atoms with Crippen molar-refractivity contribution in [1.82, 2.24) is 19.4 Å². The van der Waals surface area contributed by atoms with Crippen molar-refractivity contribution in [2.24, 2.45) is 0 Å². The van der Waals surface area contributed by atoms with Crippen LogP contribution in [-0.2, 0) is 22.5 Å². The number of thioether (sulfide) groups is 1. The molecule has 0 saturated carbocycles. The third kappa shape index (κ3) is 4.04. The minimum Gasteiger partial charge on any atom is -0.384 e. The SMILES string of the molecule is COCCc1nc2c(N)nc3ccccc3c2n1CCCCN(C=O)C1CSC1. The first-order chi connectivity index (χ1) is 14.2. The molecule has 0 atom stereocenters. The highest BCUT2D eigenvalue weighted by Crippen LogP contribution is 2.29. The van der Waals surface area contributed by atoms with Crippen molar-refractivity contribution in [3.63, 3.8) is 0 Å². The number of para-hydroxylation sites is 1. The van der Waals surface area contributed by atoms with E-state index in [4.69, 9.17) is 15.5 Å². The highest BCUT2D eigenvalue weighted by atomic mass is 32.2. The van der Waals surface area contributed by atoms with E-state index in [1.54, 1.807) is 7.11 Å². The van der Waals surface area contributed by atoms with E-state index in [1.165, 1.54) is 0 Å². The number of pyridine rings is 1. The van der Waals surface area contributed by atoms with Gasteiger partial charge in [0.2, 0.25) is 6.41 Å². The van der Waals surface area contributed by atoms with Crippen molar-refractivity contribution in [3.05, 3.63) is 30.1 Å². The molecule has 3 aromatic rings. The lowest BCUT2D eigenvalue weighted by atomic mass is 10.2. The lowest BCUT2D eigenvalue weighted by Crippen LogP contribution is -2.44. The van der Waals surface area contributed by atoms with Gasteiger partial charge in [-0.1, -0.05) is 18.2 Å². The summed E-state index contributed by atoms with van der Waals surface area (Å²) in [5.41, 5.74) is 8.92. The average Bonchev–Trinajstić information content (AvgIpc) is 3.06. The van der Waals surface area contributed by atoms with E-state index in [0.717, 1.165) is 78.0 Å². The number of imidazole rings is 1. The first kappa shape index (κ1) is 20.0. The Labute approximate surface area is 174 Å². The molecular formula is C21H27N5O2S. The zero-order valence-corrected chi connectivity index (χ0v) is 17.5. The van der Waals surface area contributed by atoms with Crippen LogP contribution in [-0.4, -0.2) is 63.7 Å². The summed E-state index contributed by atoms with van der Waals surface area (Å²) in [5, 5.41) is 1.06. The summed E-state index contributed by atoms with van der Waals surface area (Å²) < 4.78 is 7.55. The number of aromatic nitrogens is 3. The van der Waals surface area contributed by atoms with Gasteiger partial charge in [-0.15, -0.1) is 0 Å². The van der Waals surface area contributed by atoms with Gasteiger partial charge >= 0.3 is 0 Å². The van der Waals surface area contributed by atoms with Crippen LogP contribution in [0.1, 0.15) is 18.7 Å². The van der Waals surface area contributed by atoms with E-state index in [-0.39, 0.29) is 0 Å². The van der Waals surface area contributed by atoms with Crippen LogP contribution >= 0.6 is 11.8 Å². The fourth-order valence-electron chi connectivity index (χ4n) is 3.83. The van der Waals surface area contributed by atoms with Crippen LogP contribution in [0, 0.1) is 0 Å². The molecule has 0 bridgehead atoms. The number of amides is 1. The lowest BCUT2D eigenvalue weighted by Gasteiger charge is -2.34. The van der Waals surface area contributed by atoms with Crippen LogP contribution in [0.15, 0.2) is 24.3 Å². The maximum atomic E-state index is 11.4. The van der Waals surface area contributed by atoms with Crippen molar-refractivity contribution in [3.8, 4) is 0 Å². The second kappa shape index (κ2) is 9.00. The minimum atomic E-state index is 0.415. The Bertz CT molecular complexity index is 1000. The molecule has 1 aliphatic rings. The number of nitrogen functional groups attached to an aromatic ring is 1. The number of rotatable bonds is 10. The van der Waals surface area contributed by atoms with Gasteiger partial charge in [-0.25, -0.2) is 9.97 Å². The standard InChI is InChI=1S/C21H27N5O2S/c1-28-11-8-18-24-19-20(16-6-2-3-7-17(16)23-21(19)22)26(18)10-5-4-9-25(14-27)15-12-29-13-15/h2-3,6-7,14-15H,4-5,8-13H2,1H3,(H2,22,23). The number of fused-ring (bicyclic) bond motifs is 3. The monoisotopic (exact) mass is 413 g/mol. The number of benzene rings is 1. The molecule has 0 radical (unpaired) electrons. The summed E-state index contributed by atoms with van der Waals surface area (Å²) in [6.45, 7) is 2.24. The van der Waals surface area contributed by atoms with E-state index < -0.39 is 0 Å². The molecule has 3 heterocycles. The molecule has 2 aromatic heterocycles. The van der Waals surface area contributed by atoms with Crippen molar-refractivity contribution >= 4 is 45.9 Å². The summed E-state index contributed by atoms with van der Waals surface area (Å²) in [7, 11) is 1.70. The topological polar surface area (TPSA) is 86.3 Å². The van der Waals surface area contributed by atoms with Gasteiger partial charge < -0.3 is 19.9 Å². The molecule has 1 aromatic carbocycles. The Balaban J connectivity index is 1.59. The molecule has 0 spiro atoms. The van der Waals surface area contributed by atoms with Crippen molar-refractivity contribution in [2.75, 3.05) is 37.5 Å². The highest BCUT2D eigenvalue weighted by molar-refractivity contribution is 8.00. The average molecular weight is 414 g/mol. The Morgan fingerprint density at radius 3 is 2.86 bits per heavy atom. The van der Waals surface area contributed by atoms with Crippen LogP contribution in [0.3, 0.4) is 0 Å². The van der Waals surface area contributed by atoms with Gasteiger partial charge in [0.25, 0.3) is 0 Å². The molecule has 4 rings (SSSR count). The number of unbranched alkanes of at least 4 members (excludes halogenated alkanes) is 1. The van der Waals surface area contributed by atoms with Gasteiger partial charge in [-0.05, 0) is 18.9 Å². The Kier molecular flexibility index (Phi) is 6.20. The summed E-state index contributed by atoms with van der Waals surface area (Å²) in [5.74, 6) is 3.55. The fraction of sp³-hybridized carbons (Fsp3) is 0.476. The van der Waals surface area contributed by atoms with Crippen LogP contribution in [0.2, 0.25) is 0 Å². The van der Waals surface area contributed by atoms with Crippen LogP contribution in [0.25, 0.3) is 21.9 Å². The summed E-state index contributed by atoms with van der Waals surface area (Å²) in [6.07, 6.45) is 3.65. The van der Waals surface area contributed by atoms with E-state index in [1.807, 2.05) is 34.9 Å². The first-order valence-corrected chi connectivity index (χ1v) is 11.2. The van der Waals surface area contributed by atoms with Crippen LogP contribution in [0.4, 0.5) is 5.82 Å². The number of carbonyl (C=O) groups excluding carboxylic acids is 1. The number of hydrogen-bond donors (Lipinski definition) is 1. The van der Waals surface area contributed by atoms with Crippen molar-refractivity contribution < 1.29 is 9.53 Å². The molecule has 1 fully saturated rings. The zero-order chi connectivity index (χ0) is 20.2. The molecule has 0 aliphatic carbocycles. The minimum absolute atomic E-state index is 0.415. The van der Waals surface area contributed by atoms with Gasteiger partial charge in [-0.3, -0.25) is 4.79 Å². The molecule has 29 heavy (non-hydrogen) atoms. The van der Waals surface area contributed by atoms with E-state index in [0.29, 0.717) is 18.5 Å². The molecule has 154 valence electrons. The number of methoxy groups -OCH3 is 1. The normalized spacial score (nSPS) is 14.4. The summed E-state index contributed by atoms with van der Waals surface area (Å²) in [4.78, 5) is 22.6. The zero-order valence-electron chi connectivity index (χ0n) is 16.7. The fourth-order valence-corrected chi connectivity index (χ4v) is 4.66. The van der Waals surface area contributed by atoms with Gasteiger partial charge in [-0.2, -0.15) is 11.8 Å². The van der Waals surface area contributed by atoms with Crippen molar-refractivity contribution in [1.29, 1.82) is 0 Å². The molecule has 0 unspecified atom stereocenters. The van der Waals surface area contributed by atoms with Gasteiger partial charge in [0.1, 0.15) is 11.3 Å². The van der Waals surface area contributed by atoms with Gasteiger partial charge in [0, 0.05) is 49.6 Å². The molecule has 1 saturated heterocycles. The largest absolute Gasteiger partial charge is 0.384 e. The maximum Gasteiger partial charge on any atom is 0.210 e. The second-order valence-corrected chi connectivity index (χ2v) is 8.45. The molecule has 1 aliphatic heterocycles. The number of aryl methyl sites for hydroxylation is 1. The molecule has 1 amide bonds. The maximum absolute atomic E-state index is 11.4. The Hall–Kier alpha value is -2.32. The second-order valence-electron chi connectivity index (χ2n) is 7.38. The van der Waals surface area contributed by atoms with E-state index in [2.05, 4.69) is 15.6 Å². The molecular weight excluding hydrogens is 386 g/mol. The quantitative estimate of drug-likeness (QED) is 0.406. The van der Waals surface area contributed by atoms with E-state index >= 15 is 0 Å². The van der Waals surface area contributed by atoms with Gasteiger partial charge in [0.15, 0.2) is 5.82 Å². The predicted octanol–water partition coefficient (Wildman–Crippen LogP) is 2.71. The number of ether oxygens (including phenoxy) is 1. The van der Waals surface area contributed by atoms with E-state index in [9.17, 15) is 4.79 Å². The Morgan fingerprint density at radius 2 is 2.14 bits per heavy atom. The van der Waals surface area contributed by atoms with Crippen LogP contribution in [0.5, 0.6) is 0 Å².